The van der Waals surface area contributed by atoms with E-state index in [1.807, 2.05) is 30.3 Å². The first-order chi connectivity index (χ1) is 15.8. The lowest BCUT2D eigenvalue weighted by Crippen LogP contribution is -2.48. The van der Waals surface area contributed by atoms with E-state index in [9.17, 15) is 4.79 Å². The lowest BCUT2D eigenvalue weighted by Gasteiger charge is -2.34. The van der Waals surface area contributed by atoms with Gasteiger partial charge in [-0.25, -0.2) is 4.98 Å². The fraction of sp³-hybridized carbons (Fsp3) is 0.462. The number of nitrogens with zero attached hydrogens (tertiary/aromatic N) is 3. The Balaban J connectivity index is 1.26. The quantitative estimate of drug-likeness (QED) is 0.581. The van der Waals surface area contributed by atoms with Crippen molar-refractivity contribution in [3.05, 3.63) is 53.1 Å². The maximum atomic E-state index is 12.5. The van der Waals surface area contributed by atoms with E-state index < -0.39 is 0 Å². The average Bonchev–Trinajstić information content (AvgIpc) is 3.26. The number of ether oxygens (including phenoxy) is 1. The molecular formula is C26H34N4O2S. The number of rotatable bonds is 6. The monoisotopic (exact) mass is 466 g/mol. The van der Waals surface area contributed by atoms with Crippen molar-refractivity contribution >= 4 is 32.6 Å². The van der Waals surface area contributed by atoms with Gasteiger partial charge < -0.3 is 15.0 Å². The number of hydrogen-bond donors (Lipinski definition) is 1. The van der Waals surface area contributed by atoms with Crippen LogP contribution in [-0.2, 0) is 5.41 Å². The first-order valence-electron chi connectivity index (χ1n) is 11.6. The van der Waals surface area contributed by atoms with Gasteiger partial charge >= 0.3 is 0 Å². The van der Waals surface area contributed by atoms with Crippen molar-refractivity contribution in [1.82, 2.24) is 15.2 Å². The highest BCUT2D eigenvalue weighted by molar-refractivity contribution is 7.22. The summed E-state index contributed by atoms with van der Waals surface area (Å²) in [6, 6.07) is 12.0. The fourth-order valence-corrected chi connectivity index (χ4v) is 5.22. The van der Waals surface area contributed by atoms with Crippen LogP contribution in [0.25, 0.3) is 10.2 Å². The van der Waals surface area contributed by atoms with E-state index in [-0.39, 0.29) is 11.3 Å². The molecule has 0 saturated carbocycles. The number of carbonyl (C=O) groups excluding carboxylic acids is 1. The van der Waals surface area contributed by atoms with Crippen molar-refractivity contribution < 1.29 is 9.53 Å². The van der Waals surface area contributed by atoms with Gasteiger partial charge in [0.1, 0.15) is 11.3 Å². The zero-order chi connectivity index (χ0) is 23.6. The van der Waals surface area contributed by atoms with Gasteiger partial charge in [0.25, 0.3) is 5.91 Å². The maximum Gasteiger partial charge on any atom is 0.251 e. The Hall–Kier alpha value is -2.64. The highest BCUT2D eigenvalue weighted by Crippen LogP contribution is 2.36. The number of fused-ring (bicyclic) bond motifs is 1. The van der Waals surface area contributed by atoms with Gasteiger partial charge in [0, 0.05) is 44.8 Å². The molecule has 1 aliphatic heterocycles. The molecule has 1 N–H and O–H groups in total. The predicted molar refractivity (Wildman–Crippen MR) is 137 cm³/mol. The standard InChI is InChI=1S/C26H34N4O2S/c1-18-6-11-21(32-5)22-23(18)33-25(28-22)30-16-14-29(15-17-30)13-12-27-24(31)19-7-9-20(10-8-19)26(2,3)4/h6-11H,12-17H2,1-5H3,(H,27,31). The summed E-state index contributed by atoms with van der Waals surface area (Å²) >= 11 is 1.74. The first kappa shape index (κ1) is 23.5. The van der Waals surface area contributed by atoms with Crippen molar-refractivity contribution in [2.24, 2.45) is 0 Å². The number of anilines is 1. The fourth-order valence-electron chi connectivity index (χ4n) is 4.11. The molecular weight excluding hydrogens is 432 g/mol. The Morgan fingerprint density at radius 3 is 2.42 bits per heavy atom. The largest absolute Gasteiger partial charge is 0.494 e. The van der Waals surface area contributed by atoms with Crippen LogP contribution < -0.4 is 15.0 Å². The van der Waals surface area contributed by atoms with Gasteiger partial charge in [-0.05, 0) is 41.7 Å². The summed E-state index contributed by atoms with van der Waals surface area (Å²) in [5, 5.41) is 4.13. The summed E-state index contributed by atoms with van der Waals surface area (Å²) in [6.45, 7) is 13.9. The molecule has 0 radical (unpaired) electrons. The molecule has 4 rings (SSSR count). The Morgan fingerprint density at radius 1 is 1.09 bits per heavy atom. The average molecular weight is 467 g/mol. The van der Waals surface area contributed by atoms with Gasteiger partial charge in [-0.2, -0.15) is 0 Å². The van der Waals surface area contributed by atoms with E-state index in [1.54, 1.807) is 18.4 Å². The van der Waals surface area contributed by atoms with Crippen molar-refractivity contribution in [1.29, 1.82) is 0 Å². The number of hydrogen-bond acceptors (Lipinski definition) is 6. The van der Waals surface area contributed by atoms with Gasteiger partial charge in [-0.3, -0.25) is 9.69 Å². The van der Waals surface area contributed by atoms with E-state index in [0.717, 1.165) is 54.7 Å². The molecule has 1 saturated heterocycles. The molecule has 0 aliphatic carbocycles. The van der Waals surface area contributed by atoms with Crippen LogP contribution >= 0.6 is 11.3 Å². The summed E-state index contributed by atoms with van der Waals surface area (Å²) in [7, 11) is 1.70. The summed E-state index contributed by atoms with van der Waals surface area (Å²) < 4.78 is 6.70. The zero-order valence-corrected chi connectivity index (χ0v) is 21.1. The third kappa shape index (κ3) is 5.31. The molecule has 0 atom stereocenters. The van der Waals surface area contributed by atoms with Gasteiger partial charge in [-0.15, -0.1) is 0 Å². The normalized spacial score (nSPS) is 15.1. The summed E-state index contributed by atoms with van der Waals surface area (Å²) in [4.78, 5) is 22.1. The van der Waals surface area contributed by atoms with Gasteiger partial charge in [0.05, 0.1) is 11.8 Å². The molecule has 1 fully saturated rings. The number of thiazole rings is 1. The van der Waals surface area contributed by atoms with Gasteiger partial charge in [0.15, 0.2) is 5.13 Å². The molecule has 1 aromatic heterocycles. The van der Waals surface area contributed by atoms with Crippen molar-refractivity contribution in [2.75, 3.05) is 51.3 Å². The molecule has 7 heteroatoms. The topological polar surface area (TPSA) is 57.7 Å². The van der Waals surface area contributed by atoms with Crippen LogP contribution in [0.15, 0.2) is 36.4 Å². The molecule has 0 unspecified atom stereocenters. The van der Waals surface area contributed by atoms with Crippen molar-refractivity contribution in [2.45, 2.75) is 33.1 Å². The molecule has 0 bridgehead atoms. The number of nitrogens with one attached hydrogen (secondary N) is 1. The van der Waals surface area contributed by atoms with Crippen LogP contribution in [0, 0.1) is 6.92 Å². The Labute approximate surface area is 200 Å². The number of piperazine rings is 1. The van der Waals surface area contributed by atoms with Crippen LogP contribution in [0.4, 0.5) is 5.13 Å². The third-order valence-electron chi connectivity index (χ3n) is 6.28. The smallest absolute Gasteiger partial charge is 0.251 e. The molecule has 6 nitrogen and oxygen atoms in total. The first-order valence-corrected chi connectivity index (χ1v) is 12.4. The summed E-state index contributed by atoms with van der Waals surface area (Å²) in [5.74, 6) is 0.827. The van der Waals surface area contributed by atoms with E-state index in [2.05, 4.69) is 48.9 Å². The molecule has 176 valence electrons. The summed E-state index contributed by atoms with van der Waals surface area (Å²) in [5.41, 5.74) is 4.23. The van der Waals surface area contributed by atoms with E-state index in [0.29, 0.717) is 6.54 Å². The second kappa shape index (κ2) is 9.69. The van der Waals surface area contributed by atoms with Crippen molar-refractivity contribution in [3.63, 3.8) is 0 Å². The molecule has 2 aromatic carbocycles. The maximum absolute atomic E-state index is 12.5. The summed E-state index contributed by atoms with van der Waals surface area (Å²) in [6.07, 6.45) is 0. The number of amides is 1. The Bertz CT molecular complexity index is 1110. The molecule has 2 heterocycles. The number of methoxy groups -OCH3 is 1. The SMILES string of the molecule is COc1ccc(C)c2sc(N3CCN(CCNC(=O)c4ccc(C(C)(C)C)cc4)CC3)nc12. The van der Waals surface area contributed by atoms with Gasteiger partial charge in [0.2, 0.25) is 0 Å². The Morgan fingerprint density at radius 2 is 1.79 bits per heavy atom. The lowest BCUT2D eigenvalue weighted by atomic mass is 9.87. The number of aromatic nitrogens is 1. The highest BCUT2D eigenvalue weighted by atomic mass is 32.1. The second-order valence-corrected chi connectivity index (χ2v) is 10.6. The second-order valence-electron chi connectivity index (χ2n) is 9.67. The van der Waals surface area contributed by atoms with E-state index in [1.165, 1.54) is 15.8 Å². The van der Waals surface area contributed by atoms with Crippen LogP contribution in [0.2, 0.25) is 0 Å². The zero-order valence-electron chi connectivity index (χ0n) is 20.3. The van der Waals surface area contributed by atoms with Crippen LogP contribution in [-0.4, -0.2) is 62.2 Å². The predicted octanol–water partition coefficient (Wildman–Crippen LogP) is 4.46. The number of benzene rings is 2. The van der Waals surface area contributed by atoms with E-state index >= 15 is 0 Å². The van der Waals surface area contributed by atoms with Crippen molar-refractivity contribution in [3.8, 4) is 5.75 Å². The van der Waals surface area contributed by atoms with Crippen LogP contribution in [0.3, 0.4) is 0 Å². The number of aryl methyl sites for hydroxylation is 1. The molecule has 3 aromatic rings. The molecule has 33 heavy (non-hydrogen) atoms. The lowest BCUT2D eigenvalue weighted by molar-refractivity contribution is 0.0947. The number of carbonyl (C=O) groups is 1. The van der Waals surface area contributed by atoms with Crippen LogP contribution in [0.5, 0.6) is 5.75 Å². The minimum atomic E-state index is -0.00659. The highest BCUT2D eigenvalue weighted by Gasteiger charge is 2.21. The molecule has 1 amide bonds. The van der Waals surface area contributed by atoms with E-state index in [4.69, 9.17) is 9.72 Å². The van der Waals surface area contributed by atoms with Gasteiger partial charge in [-0.1, -0.05) is 50.3 Å². The molecule has 1 aliphatic rings. The minimum Gasteiger partial charge on any atom is -0.494 e. The minimum absolute atomic E-state index is 0.00659. The van der Waals surface area contributed by atoms with Crippen LogP contribution in [0.1, 0.15) is 42.3 Å². The third-order valence-corrected chi connectivity index (χ3v) is 7.53. The molecule has 0 spiro atoms. The Kier molecular flexibility index (Phi) is 6.91.